The highest BCUT2D eigenvalue weighted by Gasteiger charge is 2.29. The summed E-state index contributed by atoms with van der Waals surface area (Å²) in [7, 11) is 0. The Bertz CT molecular complexity index is 283. The van der Waals surface area contributed by atoms with Crippen LogP contribution in [0.4, 0.5) is 4.79 Å². The largest absolute Gasteiger partial charge is 0.444 e. The van der Waals surface area contributed by atoms with E-state index in [-0.39, 0.29) is 12.1 Å². The number of likely N-dealkylation sites (tertiary alicyclic amines) is 1. The molecule has 0 aromatic heterocycles. The molecule has 104 valence electrons. The van der Waals surface area contributed by atoms with Gasteiger partial charge in [-0.3, -0.25) is 0 Å². The number of ether oxygens (including phenoxy) is 1. The van der Waals surface area contributed by atoms with E-state index in [1.54, 1.807) is 0 Å². The lowest BCUT2D eigenvalue weighted by Gasteiger charge is -2.36. The summed E-state index contributed by atoms with van der Waals surface area (Å²) in [5.74, 6) is 0. The molecule has 0 N–H and O–H groups in total. The normalized spacial score (nSPS) is 20.6. The molecule has 1 unspecified atom stereocenters. The van der Waals surface area contributed by atoms with Crippen LogP contribution in [0, 0.1) is 0 Å². The third-order valence-corrected chi connectivity index (χ3v) is 3.11. The van der Waals surface area contributed by atoms with Crippen molar-refractivity contribution in [2.24, 2.45) is 0 Å². The molecule has 4 nitrogen and oxygen atoms in total. The fourth-order valence-corrected chi connectivity index (χ4v) is 2.30. The zero-order valence-corrected chi connectivity index (χ0v) is 11.8. The van der Waals surface area contributed by atoms with Crippen LogP contribution >= 0.6 is 0 Å². The van der Waals surface area contributed by atoms with Gasteiger partial charge in [-0.05, 0) is 52.9 Å². The molecule has 1 atom stereocenters. The summed E-state index contributed by atoms with van der Waals surface area (Å²) in [5.41, 5.74) is -0.443. The van der Waals surface area contributed by atoms with Gasteiger partial charge in [0.1, 0.15) is 11.9 Å². The van der Waals surface area contributed by atoms with Crippen LogP contribution in [-0.4, -0.2) is 35.5 Å². The van der Waals surface area contributed by atoms with Crippen LogP contribution in [-0.2, 0) is 9.53 Å². The Morgan fingerprint density at radius 3 is 2.72 bits per heavy atom. The first-order valence-electron chi connectivity index (χ1n) is 6.87. The highest BCUT2D eigenvalue weighted by molar-refractivity contribution is 5.68. The molecule has 0 aromatic carbocycles. The second-order valence-corrected chi connectivity index (χ2v) is 5.92. The van der Waals surface area contributed by atoms with Crippen LogP contribution in [0.25, 0.3) is 0 Å². The van der Waals surface area contributed by atoms with Gasteiger partial charge in [-0.15, -0.1) is 0 Å². The van der Waals surface area contributed by atoms with Crippen molar-refractivity contribution in [1.29, 1.82) is 0 Å². The van der Waals surface area contributed by atoms with E-state index in [0.29, 0.717) is 6.42 Å². The molecule has 0 aliphatic carbocycles. The van der Waals surface area contributed by atoms with E-state index in [0.717, 1.165) is 44.9 Å². The van der Waals surface area contributed by atoms with Crippen molar-refractivity contribution in [1.82, 2.24) is 4.90 Å². The first-order chi connectivity index (χ1) is 8.44. The van der Waals surface area contributed by atoms with Gasteiger partial charge in [-0.25, -0.2) is 4.79 Å². The number of carbonyl (C=O) groups is 2. The van der Waals surface area contributed by atoms with Gasteiger partial charge in [-0.1, -0.05) is 0 Å². The van der Waals surface area contributed by atoms with Crippen molar-refractivity contribution in [3.05, 3.63) is 0 Å². The van der Waals surface area contributed by atoms with Crippen molar-refractivity contribution in [3.63, 3.8) is 0 Å². The number of unbranched alkanes of at least 4 members (excludes halogenated alkanes) is 1. The SMILES string of the molecule is CC(C)(C)OC(=O)N1CCCCC1CCCC=O. The number of piperidine rings is 1. The Hall–Kier alpha value is -1.06. The van der Waals surface area contributed by atoms with E-state index in [1.165, 1.54) is 0 Å². The van der Waals surface area contributed by atoms with Gasteiger partial charge in [-0.2, -0.15) is 0 Å². The van der Waals surface area contributed by atoms with Crippen LogP contribution in [0.5, 0.6) is 0 Å². The Morgan fingerprint density at radius 1 is 1.39 bits per heavy atom. The first kappa shape index (κ1) is 15.0. The smallest absolute Gasteiger partial charge is 0.410 e. The summed E-state index contributed by atoms with van der Waals surface area (Å²) in [6.07, 6.45) is 6.30. The molecule has 1 saturated heterocycles. The molecule has 1 fully saturated rings. The van der Waals surface area contributed by atoms with Crippen LogP contribution in [0.3, 0.4) is 0 Å². The molecule has 0 saturated carbocycles. The second-order valence-electron chi connectivity index (χ2n) is 5.92. The van der Waals surface area contributed by atoms with Crippen molar-refractivity contribution in [2.75, 3.05) is 6.54 Å². The number of hydrogen-bond donors (Lipinski definition) is 0. The average Bonchev–Trinajstić information content (AvgIpc) is 2.27. The Labute approximate surface area is 110 Å². The molecule has 0 radical (unpaired) electrons. The van der Waals surface area contributed by atoms with Crippen LogP contribution in [0.1, 0.15) is 59.3 Å². The molecule has 18 heavy (non-hydrogen) atoms. The maximum atomic E-state index is 12.1. The van der Waals surface area contributed by atoms with E-state index in [1.807, 2.05) is 25.7 Å². The molecule has 4 heteroatoms. The summed E-state index contributed by atoms with van der Waals surface area (Å²) in [6.45, 7) is 6.43. The summed E-state index contributed by atoms with van der Waals surface area (Å²) in [6, 6.07) is 0.244. The van der Waals surface area contributed by atoms with Crippen molar-refractivity contribution >= 4 is 12.4 Å². The van der Waals surface area contributed by atoms with Gasteiger partial charge in [0.05, 0.1) is 0 Å². The van der Waals surface area contributed by atoms with Gasteiger partial charge >= 0.3 is 6.09 Å². The van der Waals surface area contributed by atoms with E-state index in [9.17, 15) is 9.59 Å². The molecular weight excluding hydrogens is 230 g/mol. The van der Waals surface area contributed by atoms with E-state index in [2.05, 4.69) is 0 Å². The van der Waals surface area contributed by atoms with Gasteiger partial charge in [0.2, 0.25) is 0 Å². The van der Waals surface area contributed by atoms with Crippen LogP contribution < -0.4 is 0 Å². The Kier molecular flexibility index (Phi) is 5.63. The predicted molar refractivity (Wildman–Crippen MR) is 70.5 cm³/mol. The lowest BCUT2D eigenvalue weighted by atomic mass is 9.98. The number of rotatable bonds is 4. The monoisotopic (exact) mass is 255 g/mol. The van der Waals surface area contributed by atoms with Crippen molar-refractivity contribution in [3.8, 4) is 0 Å². The average molecular weight is 255 g/mol. The predicted octanol–water partition coefficient (Wildman–Crippen LogP) is 3.15. The summed E-state index contributed by atoms with van der Waals surface area (Å²) >= 11 is 0. The number of aldehydes is 1. The van der Waals surface area contributed by atoms with Crippen molar-refractivity contribution < 1.29 is 14.3 Å². The van der Waals surface area contributed by atoms with E-state index in [4.69, 9.17) is 4.74 Å². The fourth-order valence-electron chi connectivity index (χ4n) is 2.30. The molecule has 1 heterocycles. The van der Waals surface area contributed by atoms with Gasteiger partial charge in [0.15, 0.2) is 0 Å². The number of nitrogens with zero attached hydrogens (tertiary/aromatic N) is 1. The minimum Gasteiger partial charge on any atom is -0.444 e. The van der Waals surface area contributed by atoms with Crippen LogP contribution in [0.15, 0.2) is 0 Å². The highest BCUT2D eigenvalue weighted by atomic mass is 16.6. The van der Waals surface area contributed by atoms with Gasteiger partial charge in [0, 0.05) is 19.0 Å². The maximum Gasteiger partial charge on any atom is 0.410 e. The molecule has 0 spiro atoms. The second kappa shape index (κ2) is 6.76. The minimum absolute atomic E-state index is 0.210. The highest BCUT2D eigenvalue weighted by Crippen LogP contribution is 2.23. The summed E-state index contributed by atoms with van der Waals surface area (Å²) in [5, 5.41) is 0. The molecular formula is C14H25NO3. The van der Waals surface area contributed by atoms with E-state index >= 15 is 0 Å². The van der Waals surface area contributed by atoms with Crippen LogP contribution in [0.2, 0.25) is 0 Å². The molecule has 1 aliphatic rings. The third-order valence-electron chi connectivity index (χ3n) is 3.11. The topological polar surface area (TPSA) is 46.6 Å². The van der Waals surface area contributed by atoms with Gasteiger partial charge in [0.25, 0.3) is 0 Å². The number of carbonyl (C=O) groups excluding carboxylic acids is 2. The van der Waals surface area contributed by atoms with Crippen molar-refractivity contribution in [2.45, 2.75) is 70.9 Å². The molecule has 1 aliphatic heterocycles. The first-order valence-corrected chi connectivity index (χ1v) is 6.87. The Morgan fingerprint density at radius 2 is 2.11 bits per heavy atom. The summed E-state index contributed by atoms with van der Waals surface area (Å²) < 4.78 is 5.43. The molecule has 1 amide bonds. The standard InChI is InChI=1S/C14H25NO3/c1-14(2,3)18-13(17)15-10-6-4-8-12(15)9-5-7-11-16/h11-12H,4-10H2,1-3H3. The molecule has 1 rings (SSSR count). The van der Waals surface area contributed by atoms with E-state index < -0.39 is 5.60 Å². The molecule has 0 aromatic rings. The van der Waals surface area contributed by atoms with Gasteiger partial charge < -0.3 is 14.4 Å². The minimum atomic E-state index is -0.443. The molecule has 0 bridgehead atoms. The lowest BCUT2D eigenvalue weighted by molar-refractivity contribution is -0.108. The zero-order valence-electron chi connectivity index (χ0n) is 11.8. The third kappa shape index (κ3) is 5.07. The maximum absolute atomic E-state index is 12.1. The Balaban J connectivity index is 2.52. The lowest BCUT2D eigenvalue weighted by Crippen LogP contribution is -2.46. The fraction of sp³-hybridized carbons (Fsp3) is 0.857. The zero-order chi connectivity index (χ0) is 13.6. The number of amides is 1. The number of hydrogen-bond acceptors (Lipinski definition) is 3. The summed E-state index contributed by atoms with van der Waals surface area (Å²) in [4.78, 5) is 24.3. The quantitative estimate of drug-likeness (QED) is 0.572.